The van der Waals surface area contributed by atoms with Gasteiger partial charge in [-0.2, -0.15) is 0 Å². The van der Waals surface area contributed by atoms with Gasteiger partial charge in [0.05, 0.1) is 13.2 Å². The molecule has 0 unspecified atom stereocenters. The lowest BCUT2D eigenvalue weighted by Gasteiger charge is -2.17. The molecule has 3 nitrogen and oxygen atoms in total. The second-order valence-corrected chi connectivity index (χ2v) is 6.19. The molecule has 0 aromatic heterocycles. The SMILES string of the molecule is C=CCc1cc(CNc2cc(Cl)ccc2C)cc(OCC)c1OCC. The molecule has 25 heavy (non-hydrogen) atoms. The van der Waals surface area contributed by atoms with Crippen LogP contribution in [0.2, 0.25) is 5.02 Å². The normalized spacial score (nSPS) is 10.4. The number of halogens is 1. The van der Waals surface area contributed by atoms with Gasteiger partial charge in [0, 0.05) is 22.8 Å². The van der Waals surface area contributed by atoms with Crippen molar-refractivity contribution in [2.75, 3.05) is 18.5 Å². The fourth-order valence-electron chi connectivity index (χ4n) is 2.69. The van der Waals surface area contributed by atoms with Crippen LogP contribution in [0.4, 0.5) is 5.69 Å². The summed E-state index contributed by atoms with van der Waals surface area (Å²) < 4.78 is 11.6. The van der Waals surface area contributed by atoms with E-state index in [0.717, 1.165) is 45.3 Å². The molecule has 2 aromatic rings. The molecule has 1 N–H and O–H groups in total. The van der Waals surface area contributed by atoms with E-state index in [9.17, 15) is 0 Å². The quantitative estimate of drug-likeness (QED) is 0.575. The minimum Gasteiger partial charge on any atom is -0.490 e. The monoisotopic (exact) mass is 359 g/mol. The maximum atomic E-state index is 6.10. The van der Waals surface area contributed by atoms with Gasteiger partial charge in [0.2, 0.25) is 0 Å². The highest BCUT2D eigenvalue weighted by molar-refractivity contribution is 6.30. The third-order valence-electron chi connectivity index (χ3n) is 3.83. The molecule has 134 valence electrons. The number of nitrogens with one attached hydrogen (secondary N) is 1. The Morgan fingerprint density at radius 3 is 2.56 bits per heavy atom. The average Bonchev–Trinajstić information content (AvgIpc) is 2.59. The van der Waals surface area contributed by atoms with Gasteiger partial charge in [0.1, 0.15) is 0 Å². The van der Waals surface area contributed by atoms with Crippen molar-refractivity contribution in [3.8, 4) is 11.5 Å². The van der Waals surface area contributed by atoms with Gasteiger partial charge in [-0.25, -0.2) is 0 Å². The first-order chi connectivity index (χ1) is 12.1. The Balaban J connectivity index is 2.30. The Morgan fingerprint density at radius 2 is 1.88 bits per heavy atom. The summed E-state index contributed by atoms with van der Waals surface area (Å²) in [4.78, 5) is 0. The number of hydrogen-bond donors (Lipinski definition) is 1. The van der Waals surface area contributed by atoms with Crippen LogP contribution in [0.5, 0.6) is 11.5 Å². The second-order valence-electron chi connectivity index (χ2n) is 5.75. The molecular formula is C21H26ClNO2. The Labute approximate surface area is 155 Å². The molecule has 0 heterocycles. The van der Waals surface area contributed by atoms with Crippen molar-refractivity contribution in [1.82, 2.24) is 0 Å². The van der Waals surface area contributed by atoms with Gasteiger partial charge in [-0.05, 0) is 62.6 Å². The van der Waals surface area contributed by atoms with Crippen LogP contribution in [-0.2, 0) is 13.0 Å². The van der Waals surface area contributed by atoms with Gasteiger partial charge >= 0.3 is 0 Å². The zero-order valence-corrected chi connectivity index (χ0v) is 16.0. The fraction of sp³-hybridized carbons (Fsp3) is 0.333. The van der Waals surface area contributed by atoms with E-state index in [1.165, 1.54) is 0 Å². The highest BCUT2D eigenvalue weighted by Crippen LogP contribution is 2.34. The van der Waals surface area contributed by atoms with Crippen LogP contribution >= 0.6 is 11.6 Å². The number of benzene rings is 2. The molecule has 0 saturated heterocycles. The van der Waals surface area contributed by atoms with Crippen LogP contribution in [0, 0.1) is 6.92 Å². The number of allylic oxidation sites excluding steroid dienone is 1. The molecule has 2 aromatic carbocycles. The first-order valence-electron chi connectivity index (χ1n) is 8.61. The first-order valence-corrected chi connectivity index (χ1v) is 8.99. The fourth-order valence-corrected chi connectivity index (χ4v) is 2.86. The molecule has 0 atom stereocenters. The van der Waals surface area contributed by atoms with Gasteiger partial charge in [-0.1, -0.05) is 23.7 Å². The number of anilines is 1. The molecule has 0 aliphatic rings. The standard InChI is InChI=1S/C21H26ClNO2/c1-5-8-17-11-16(12-20(24-6-2)21(17)25-7-3)14-23-19-13-18(22)10-9-15(19)4/h5,9-13,23H,1,6-8,14H2,2-4H3. The number of rotatable bonds is 9. The van der Waals surface area contributed by atoms with E-state index in [0.29, 0.717) is 19.8 Å². The molecule has 2 rings (SSSR count). The number of hydrogen-bond acceptors (Lipinski definition) is 3. The third kappa shape index (κ3) is 5.17. The average molecular weight is 360 g/mol. The lowest BCUT2D eigenvalue weighted by Crippen LogP contribution is -2.06. The summed E-state index contributed by atoms with van der Waals surface area (Å²) in [7, 11) is 0. The summed E-state index contributed by atoms with van der Waals surface area (Å²) in [5, 5.41) is 4.18. The second kappa shape index (κ2) is 9.38. The largest absolute Gasteiger partial charge is 0.490 e. The summed E-state index contributed by atoms with van der Waals surface area (Å²) in [6, 6.07) is 10.0. The maximum absolute atomic E-state index is 6.10. The Bertz CT molecular complexity index is 728. The number of ether oxygens (including phenoxy) is 2. The molecule has 0 bridgehead atoms. The molecule has 0 fully saturated rings. The van der Waals surface area contributed by atoms with Crippen molar-refractivity contribution in [1.29, 1.82) is 0 Å². The topological polar surface area (TPSA) is 30.5 Å². The smallest absolute Gasteiger partial charge is 0.164 e. The highest BCUT2D eigenvalue weighted by atomic mass is 35.5. The van der Waals surface area contributed by atoms with Crippen LogP contribution in [-0.4, -0.2) is 13.2 Å². The van der Waals surface area contributed by atoms with E-state index >= 15 is 0 Å². The van der Waals surface area contributed by atoms with Crippen LogP contribution in [0.15, 0.2) is 43.0 Å². The number of aryl methyl sites for hydroxylation is 1. The summed E-state index contributed by atoms with van der Waals surface area (Å²) in [6.07, 6.45) is 2.62. The van der Waals surface area contributed by atoms with Gasteiger partial charge in [0.15, 0.2) is 11.5 Å². The van der Waals surface area contributed by atoms with Crippen LogP contribution in [0.1, 0.15) is 30.5 Å². The summed E-state index contributed by atoms with van der Waals surface area (Å²) >= 11 is 6.10. The van der Waals surface area contributed by atoms with Gasteiger partial charge in [-0.15, -0.1) is 6.58 Å². The molecule has 0 saturated carbocycles. The van der Waals surface area contributed by atoms with Gasteiger partial charge in [0.25, 0.3) is 0 Å². The molecule has 0 aliphatic carbocycles. The zero-order chi connectivity index (χ0) is 18.2. The predicted molar refractivity (Wildman–Crippen MR) is 106 cm³/mol. The van der Waals surface area contributed by atoms with Crippen LogP contribution in [0.3, 0.4) is 0 Å². The minimum absolute atomic E-state index is 0.595. The van der Waals surface area contributed by atoms with E-state index in [1.54, 1.807) is 0 Å². The third-order valence-corrected chi connectivity index (χ3v) is 4.06. The summed E-state index contributed by atoms with van der Waals surface area (Å²) in [5.41, 5.74) is 4.40. The summed E-state index contributed by atoms with van der Waals surface area (Å²) in [6.45, 7) is 11.7. The molecule has 0 radical (unpaired) electrons. The Hall–Kier alpha value is -2.13. The molecule has 0 spiro atoms. The highest BCUT2D eigenvalue weighted by Gasteiger charge is 2.13. The van der Waals surface area contributed by atoms with Crippen LogP contribution < -0.4 is 14.8 Å². The van der Waals surface area contributed by atoms with E-state index in [1.807, 2.05) is 44.2 Å². The zero-order valence-electron chi connectivity index (χ0n) is 15.2. The first kappa shape index (κ1) is 19.2. The van der Waals surface area contributed by atoms with E-state index < -0.39 is 0 Å². The van der Waals surface area contributed by atoms with E-state index in [2.05, 4.69) is 24.9 Å². The lowest BCUT2D eigenvalue weighted by molar-refractivity contribution is 0.285. The Morgan fingerprint density at radius 1 is 1.12 bits per heavy atom. The molecule has 0 aliphatic heterocycles. The van der Waals surface area contributed by atoms with Crippen molar-refractivity contribution < 1.29 is 9.47 Å². The van der Waals surface area contributed by atoms with Crippen molar-refractivity contribution in [3.05, 3.63) is 64.7 Å². The van der Waals surface area contributed by atoms with Crippen LogP contribution in [0.25, 0.3) is 0 Å². The van der Waals surface area contributed by atoms with Crippen molar-refractivity contribution in [2.24, 2.45) is 0 Å². The molecule has 0 amide bonds. The van der Waals surface area contributed by atoms with Gasteiger partial charge < -0.3 is 14.8 Å². The molecule has 4 heteroatoms. The maximum Gasteiger partial charge on any atom is 0.164 e. The van der Waals surface area contributed by atoms with Crippen molar-refractivity contribution in [2.45, 2.75) is 33.7 Å². The van der Waals surface area contributed by atoms with Crippen molar-refractivity contribution >= 4 is 17.3 Å². The summed E-state index contributed by atoms with van der Waals surface area (Å²) in [5.74, 6) is 1.59. The predicted octanol–water partition coefficient (Wildman–Crippen LogP) is 5.79. The van der Waals surface area contributed by atoms with Crippen molar-refractivity contribution in [3.63, 3.8) is 0 Å². The Kier molecular flexibility index (Phi) is 7.20. The lowest BCUT2D eigenvalue weighted by atomic mass is 10.0. The van der Waals surface area contributed by atoms with E-state index in [4.69, 9.17) is 21.1 Å². The minimum atomic E-state index is 0.595. The van der Waals surface area contributed by atoms with E-state index in [-0.39, 0.29) is 0 Å². The van der Waals surface area contributed by atoms with Gasteiger partial charge in [-0.3, -0.25) is 0 Å². The molecular weight excluding hydrogens is 334 g/mol.